The summed E-state index contributed by atoms with van der Waals surface area (Å²) in [6.07, 6.45) is 3.32. The van der Waals surface area contributed by atoms with Crippen LogP contribution in [0.1, 0.15) is 17.3 Å². The Bertz CT molecular complexity index is 363. The van der Waals surface area contributed by atoms with Crippen LogP contribution in [0.4, 0.5) is 5.82 Å². The molecule has 0 spiro atoms. The lowest BCUT2D eigenvalue weighted by atomic mass is 10.2. The van der Waals surface area contributed by atoms with Gasteiger partial charge in [-0.05, 0) is 19.1 Å². The third-order valence-corrected chi connectivity index (χ3v) is 2.05. The lowest BCUT2D eigenvalue weighted by Crippen LogP contribution is -2.25. The summed E-state index contributed by atoms with van der Waals surface area (Å²) < 4.78 is 0. The highest BCUT2D eigenvalue weighted by atomic mass is 16.4. The summed E-state index contributed by atoms with van der Waals surface area (Å²) in [5.74, 6) is -0.465. The van der Waals surface area contributed by atoms with E-state index in [1.807, 2.05) is 11.8 Å². The van der Waals surface area contributed by atoms with Crippen LogP contribution in [-0.4, -0.2) is 29.1 Å². The Labute approximate surface area is 88.9 Å². The van der Waals surface area contributed by atoms with Crippen molar-refractivity contribution in [2.24, 2.45) is 0 Å². The van der Waals surface area contributed by atoms with E-state index in [9.17, 15) is 4.79 Å². The summed E-state index contributed by atoms with van der Waals surface area (Å²) in [4.78, 5) is 16.9. The first-order valence-electron chi connectivity index (χ1n) is 4.74. The number of nitrogens with zero attached hydrogens (tertiary/aromatic N) is 2. The van der Waals surface area contributed by atoms with Gasteiger partial charge in [-0.3, -0.25) is 0 Å². The first kappa shape index (κ1) is 11.2. The van der Waals surface area contributed by atoms with E-state index in [0.717, 1.165) is 0 Å². The maximum atomic E-state index is 11.0. The number of aromatic nitrogens is 1. The van der Waals surface area contributed by atoms with Crippen molar-refractivity contribution in [1.29, 1.82) is 0 Å². The Morgan fingerprint density at radius 1 is 1.73 bits per heavy atom. The second kappa shape index (κ2) is 5.14. The number of carboxylic acids is 1. The van der Waals surface area contributed by atoms with Crippen molar-refractivity contribution < 1.29 is 9.90 Å². The van der Waals surface area contributed by atoms with Crippen LogP contribution in [-0.2, 0) is 0 Å². The topological polar surface area (TPSA) is 53.4 Å². The second-order valence-electron chi connectivity index (χ2n) is 3.01. The van der Waals surface area contributed by atoms with E-state index >= 15 is 0 Å². The number of anilines is 1. The van der Waals surface area contributed by atoms with Crippen LogP contribution in [0.15, 0.2) is 31.0 Å². The van der Waals surface area contributed by atoms with E-state index in [0.29, 0.717) is 18.9 Å². The van der Waals surface area contributed by atoms with Crippen LogP contribution in [0, 0.1) is 0 Å². The third-order valence-electron chi connectivity index (χ3n) is 2.05. The van der Waals surface area contributed by atoms with Gasteiger partial charge >= 0.3 is 5.97 Å². The quantitative estimate of drug-likeness (QED) is 0.746. The van der Waals surface area contributed by atoms with Gasteiger partial charge in [0, 0.05) is 19.3 Å². The molecular formula is C11H14N2O2. The van der Waals surface area contributed by atoms with Crippen molar-refractivity contribution in [3.05, 3.63) is 36.5 Å². The Morgan fingerprint density at radius 3 is 3.00 bits per heavy atom. The SMILES string of the molecule is C=CCN(CC)c1ncccc1C(=O)O. The highest BCUT2D eigenvalue weighted by Gasteiger charge is 2.14. The molecule has 1 rings (SSSR count). The fraction of sp³-hybridized carbons (Fsp3) is 0.273. The van der Waals surface area contributed by atoms with Gasteiger partial charge in [0.15, 0.2) is 0 Å². The predicted molar refractivity (Wildman–Crippen MR) is 59.3 cm³/mol. The summed E-state index contributed by atoms with van der Waals surface area (Å²) in [6.45, 7) is 6.87. The smallest absolute Gasteiger partial charge is 0.339 e. The molecule has 0 radical (unpaired) electrons. The molecule has 4 nitrogen and oxygen atoms in total. The number of likely N-dealkylation sites (N-methyl/N-ethyl adjacent to an activating group) is 1. The minimum atomic E-state index is -0.958. The van der Waals surface area contributed by atoms with E-state index in [1.54, 1.807) is 24.4 Å². The molecule has 80 valence electrons. The zero-order valence-electron chi connectivity index (χ0n) is 8.68. The van der Waals surface area contributed by atoms with Crippen molar-refractivity contribution in [3.8, 4) is 0 Å². The van der Waals surface area contributed by atoms with Gasteiger partial charge in [-0.25, -0.2) is 9.78 Å². The van der Waals surface area contributed by atoms with E-state index in [4.69, 9.17) is 5.11 Å². The van der Waals surface area contributed by atoms with Crippen LogP contribution in [0.2, 0.25) is 0 Å². The van der Waals surface area contributed by atoms with Crippen molar-refractivity contribution in [2.45, 2.75) is 6.92 Å². The van der Waals surface area contributed by atoms with E-state index < -0.39 is 5.97 Å². The fourth-order valence-electron chi connectivity index (χ4n) is 1.34. The molecule has 0 aliphatic rings. The van der Waals surface area contributed by atoms with Gasteiger partial charge in [-0.15, -0.1) is 6.58 Å². The molecule has 0 amide bonds. The molecule has 0 saturated heterocycles. The minimum absolute atomic E-state index is 0.223. The normalized spacial score (nSPS) is 9.67. The van der Waals surface area contributed by atoms with E-state index in [2.05, 4.69) is 11.6 Å². The largest absolute Gasteiger partial charge is 0.478 e. The van der Waals surface area contributed by atoms with Crippen molar-refractivity contribution in [2.75, 3.05) is 18.0 Å². The molecule has 0 atom stereocenters. The molecule has 15 heavy (non-hydrogen) atoms. The first-order valence-corrected chi connectivity index (χ1v) is 4.74. The Balaban J connectivity index is 3.09. The number of aromatic carboxylic acids is 1. The van der Waals surface area contributed by atoms with Gasteiger partial charge in [0.2, 0.25) is 0 Å². The standard InChI is InChI=1S/C11H14N2O2/c1-3-8-13(4-2)10-9(11(14)15)6-5-7-12-10/h3,5-7H,1,4,8H2,2H3,(H,14,15). The number of rotatable bonds is 5. The maximum absolute atomic E-state index is 11.0. The maximum Gasteiger partial charge on any atom is 0.339 e. The molecule has 0 saturated carbocycles. The Kier molecular flexibility index (Phi) is 3.85. The molecular weight excluding hydrogens is 192 g/mol. The monoisotopic (exact) mass is 206 g/mol. The van der Waals surface area contributed by atoms with Crippen LogP contribution in [0.25, 0.3) is 0 Å². The number of carboxylic acid groups (broad SMARTS) is 1. The van der Waals surface area contributed by atoms with Crippen LogP contribution in [0.5, 0.6) is 0 Å². The van der Waals surface area contributed by atoms with Crippen LogP contribution >= 0.6 is 0 Å². The molecule has 1 aromatic rings. The molecule has 1 heterocycles. The predicted octanol–water partition coefficient (Wildman–Crippen LogP) is 1.79. The average molecular weight is 206 g/mol. The Morgan fingerprint density at radius 2 is 2.47 bits per heavy atom. The number of carbonyl (C=O) groups is 1. The van der Waals surface area contributed by atoms with E-state index in [1.165, 1.54) is 0 Å². The summed E-state index contributed by atoms with van der Waals surface area (Å²) in [5, 5.41) is 8.99. The van der Waals surface area contributed by atoms with Gasteiger partial charge < -0.3 is 10.0 Å². The molecule has 0 fully saturated rings. The highest BCUT2D eigenvalue weighted by molar-refractivity contribution is 5.93. The summed E-state index contributed by atoms with van der Waals surface area (Å²) in [7, 11) is 0. The number of pyridine rings is 1. The van der Waals surface area contributed by atoms with Crippen molar-refractivity contribution in [3.63, 3.8) is 0 Å². The summed E-state index contributed by atoms with van der Waals surface area (Å²) in [6, 6.07) is 3.17. The molecule has 0 aliphatic heterocycles. The highest BCUT2D eigenvalue weighted by Crippen LogP contribution is 2.16. The fourth-order valence-corrected chi connectivity index (χ4v) is 1.34. The van der Waals surface area contributed by atoms with Gasteiger partial charge in [0.25, 0.3) is 0 Å². The molecule has 1 N–H and O–H groups in total. The van der Waals surface area contributed by atoms with Gasteiger partial charge in [-0.1, -0.05) is 6.08 Å². The molecule has 0 bridgehead atoms. The summed E-state index contributed by atoms with van der Waals surface area (Å²) in [5.41, 5.74) is 0.223. The lowest BCUT2D eigenvalue weighted by Gasteiger charge is -2.21. The molecule has 0 aliphatic carbocycles. The van der Waals surface area contributed by atoms with Gasteiger partial charge in [0.1, 0.15) is 11.4 Å². The zero-order valence-corrected chi connectivity index (χ0v) is 8.68. The number of hydrogen-bond donors (Lipinski definition) is 1. The molecule has 0 unspecified atom stereocenters. The molecule has 1 aromatic heterocycles. The lowest BCUT2D eigenvalue weighted by molar-refractivity contribution is 0.0697. The van der Waals surface area contributed by atoms with Crippen LogP contribution < -0.4 is 4.90 Å². The number of hydrogen-bond acceptors (Lipinski definition) is 3. The van der Waals surface area contributed by atoms with Gasteiger partial charge in [-0.2, -0.15) is 0 Å². The molecule has 0 aromatic carbocycles. The minimum Gasteiger partial charge on any atom is -0.478 e. The van der Waals surface area contributed by atoms with Crippen molar-refractivity contribution in [1.82, 2.24) is 4.98 Å². The second-order valence-corrected chi connectivity index (χ2v) is 3.01. The van der Waals surface area contributed by atoms with Crippen LogP contribution in [0.3, 0.4) is 0 Å². The van der Waals surface area contributed by atoms with Crippen molar-refractivity contribution >= 4 is 11.8 Å². The Hall–Kier alpha value is -1.84. The third kappa shape index (κ3) is 2.56. The summed E-state index contributed by atoms with van der Waals surface area (Å²) >= 11 is 0. The van der Waals surface area contributed by atoms with Gasteiger partial charge in [0.05, 0.1) is 0 Å². The van der Waals surface area contributed by atoms with E-state index in [-0.39, 0.29) is 5.56 Å². The average Bonchev–Trinajstić information content (AvgIpc) is 2.26. The zero-order chi connectivity index (χ0) is 11.3. The molecule has 4 heteroatoms. The first-order chi connectivity index (χ1) is 7.20.